The topological polar surface area (TPSA) is 89.0 Å². The molecule has 1 amide bonds. The second-order valence-corrected chi connectivity index (χ2v) is 9.35. The Labute approximate surface area is 212 Å². The predicted octanol–water partition coefficient (Wildman–Crippen LogP) is 5.64. The van der Waals surface area contributed by atoms with Crippen molar-refractivity contribution in [3.63, 3.8) is 0 Å². The van der Waals surface area contributed by atoms with E-state index in [1.807, 2.05) is 44.2 Å². The summed E-state index contributed by atoms with van der Waals surface area (Å²) in [6, 6.07) is 18.9. The van der Waals surface area contributed by atoms with Crippen LogP contribution in [-0.4, -0.2) is 35.5 Å². The number of carbonyl (C=O) groups excluding carboxylic acids is 2. The lowest BCUT2D eigenvalue weighted by Gasteiger charge is -2.24. The SMILES string of the molecule is CCOc1ccc2nc(N3C(=O)C(=O)C(=C(O)c4ccc(C)cc4)C3c3ccccc3OC)sc2c1. The zero-order chi connectivity index (χ0) is 25.4. The van der Waals surface area contributed by atoms with E-state index in [9.17, 15) is 14.7 Å². The molecule has 2 heterocycles. The lowest BCUT2D eigenvalue weighted by Crippen LogP contribution is -2.29. The number of amides is 1. The summed E-state index contributed by atoms with van der Waals surface area (Å²) < 4.78 is 12.0. The van der Waals surface area contributed by atoms with Gasteiger partial charge in [0.2, 0.25) is 0 Å². The Morgan fingerprint density at radius 1 is 1.08 bits per heavy atom. The molecule has 1 N–H and O–H groups in total. The van der Waals surface area contributed by atoms with Crippen LogP contribution in [0.15, 0.2) is 72.3 Å². The van der Waals surface area contributed by atoms with E-state index in [0.717, 1.165) is 10.3 Å². The van der Waals surface area contributed by atoms with Crippen LogP contribution in [0.5, 0.6) is 11.5 Å². The van der Waals surface area contributed by atoms with Crippen molar-refractivity contribution in [3.05, 3.63) is 89.0 Å². The van der Waals surface area contributed by atoms with Gasteiger partial charge < -0.3 is 14.6 Å². The molecule has 0 aliphatic carbocycles. The molecule has 5 rings (SSSR count). The number of Topliss-reactive ketones (excluding diaryl/α,β-unsaturated/α-hetero) is 1. The van der Waals surface area contributed by atoms with Gasteiger partial charge in [0.05, 0.1) is 29.5 Å². The average Bonchev–Trinajstić information content (AvgIpc) is 3.42. The van der Waals surface area contributed by atoms with Gasteiger partial charge in [-0.2, -0.15) is 0 Å². The summed E-state index contributed by atoms with van der Waals surface area (Å²) in [6.45, 7) is 4.36. The number of ether oxygens (including phenoxy) is 2. The van der Waals surface area contributed by atoms with Crippen molar-refractivity contribution in [1.29, 1.82) is 0 Å². The molecular formula is C28H24N2O5S. The maximum absolute atomic E-state index is 13.5. The van der Waals surface area contributed by atoms with Crippen LogP contribution >= 0.6 is 11.3 Å². The van der Waals surface area contributed by atoms with Crippen LogP contribution in [-0.2, 0) is 9.59 Å². The second kappa shape index (κ2) is 9.47. The van der Waals surface area contributed by atoms with Crippen molar-refractivity contribution in [2.75, 3.05) is 18.6 Å². The largest absolute Gasteiger partial charge is 0.507 e. The number of hydrogen-bond acceptors (Lipinski definition) is 7. The van der Waals surface area contributed by atoms with Crippen LogP contribution < -0.4 is 14.4 Å². The number of aliphatic hydroxyl groups is 1. The number of ketones is 1. The standard InChI is InChI=1S/C28H24N2O5S/c1-4-35-18-13-14-20-22(15-18)36-28(29-20)30-24(19-7-5-6-8-21(19)34-3)23(26(32)27(30)33)25(31)17-11-9-16(2)10-12-17/h5-15,24,31H,4H2,1-3H3. The van der Waals surface area contributed by atoms with E-state index in [1.54, 1.807) is 36.4 Å². The van der Waals surface area contributed by atoms with Crippen molar-refractivity contribution >= 4 is 44.1 Å². The second-order valence-electron chi connectivity index (χ2n) is 8.34. The molecule has 0 bridgehead atoms. The van der Waals surface area contributed by atoms with Gasteiger partial charge in [-0.15, -0.1) is 0 Å². The molecule has 0 saturated carbocycles. The summed E-state index contributed by atoms with van der Waals surface area (Å²) in [5.74, 6) is -0.597. The monoisotopic (exact) mass is 500 g/mol. The lowest BCUT2D eigenvalue weighted by molar-refractivity contribution is -0.132. The van der Waals surface area contributed by atoms with Crippen molar-refractivity contribution < 1.29 is 24.2 Å². The summed E-state index contributed by atoms with van der Waals surface area (Å²) in [5.41, 5.74) is 2.70. The number of aryl methyl sites for hydroxylation is 1. The fraction of sp³-hybridized carbons (Fsp3) is 0.179. The summed E-state index contributed by atoms with van der Waals surface area (Å²) in [6.07, 6.45) is 0. The lowest BCUT2D eigenvalue weighted by atomic mass is 9.94. The van der Waals surface area contributed by atoms with Crippen LogP contribution in [0.4, 0.5) is 5.13 Å². The van der Waals surface area contributed by atoms with Gasteiger partial charge in [-0.1, -0.05) is 59.4 Å². The van der Waals surface area contributed by atoms with E-state index in [1.165, 1.54) is 23.3 Å². The summed E-state index contributed by atoms with van der Waals surface area (Å²) in [7, 11) is 1.53. The van der Waals surface area contributed by atoms with Crippen molar-refractivity contribution in [2.24, 2.45) is 0 Å². The van der Waals surface area contributed by atoms with Crippen LogP contribution in [0.3, 0.4) is 0 Å². The number of rotatable bonds is 6. The normalized spacial score (nSPS) is 17.1. The number of nitrogens with zero attached hydrogens (tertiary/aromatic N) is 2. The van der Waals surface area contributed by atoms with E-state index in [-0.39, 0.29) is 11.3 Å². The van der Waals surface area contributed by atoms with Crippen LogP contribution in [0.1, 0.15) is 29.7 Å². The Morgan fingerprint density at radius 3 is 2.56 bits per heavy atom. The van der Waals surface area contributed by atoms with Crippen molar-refractivity contribution in [1.82, 2.24) is 4.98 Å². The number of para-hydroxylation sites is 1. The summed E-state index contributed by atoms with van der Waals surface area (Å²) in [4.78, 5) is 32.9. The first-order chi connectivity index (χ1) is 17.4. The molecule has 3 aromatic carbocycles. The number of hydrogen-bond donors (Lipinski definition) is 1. The molecule has 1 saturated heterocycles. The molecule has 36 heavy (non-hydrogen) atoms. The molecule has 0 spiro atoms. The molecule has 1 aliphatic heterocycles. The molecule has 1 aromatic heterocycles. The Morgan fingerprint density at radius 2 is 1.83 bits per heavy atom. The number of thiazole rings is 1. The van der Waals surface area contributed by atoms with Crippen LogP contribution in [0.25, 0.3) is 16.0 Å². The Kier molecular flexibility index (Phi) is 6.20. The van der Waals surface area contributed by atoms with E-state index >= 15 is 0 Å². The fourth-order valence-corrected chi connectivity index (χ4v) is 5.36. The molecular weight excluding hydrogens is 476 g/mol. The number of fused-ring (bicyclic) bond motifs is 1. The number of methoxy groups -OCH3 is 1. The number of carbonyl (C=O) groups is 2. The van der Waals surface area contributed by atoms with Gasteiger partial charge in [-0.3, -0.25) is 14.5 Å². The maximum atomic E-state index is 13.5. The van der Waals surface area contributed by atoms with Gasteiger partial charge in [0.1, 0.15) is 23.3 Å². The van der Waals surface area contributed by atoms with E-state index in [0.29, 0.717) is 39.9 Å². The molecule has 1 fully saturated rings. The molecule has 4 aromatic rings. The van der Waals surface area contributed by atoms with Gasteiger partial charge >= 0.3 is 5.91 Å². The third-order valence-corrected chi connectivity index (χ3v) is 7.09. The quantitative estimate of drug-likeness (QED) is 0.209. The summed E-state index contributed by atoms with van der Waals surface area (Å²) >= 11 is 1.28. The van der Waals surface area contributed by atoms with Crippen LogP contribution in [0, 0.1) is 6.92 Å². The first-order valence-electron chi connectivity index (χ1n) is 11.5. The average molecular weight is 501 g/mol. The molecule has 0 radical (unpaired) electrons. The maximum Gasteiger partial charge on any atom is 0.301 e. The van der Waals surface area contributed by atoms with Gasteiger partial charge in [0.25, 0.3) is 5.78 Å². The van der Waals surface area contributed by atoms with Crippen molar-refractivity contribution in [2.45, 2.75) is 19.9 Å². The highest BCUT2D eigenvalue weighted by atomic mass is 32.1. The summed E-state index contributed by atoms with van der Waals surface area (Å²) in [5, 5.41) is 11.6. The third kappa shape index (κ3) is 3.99. The fourth-order valence-electron chi connectivity index (χ4n) is 4.34. The van der Waals surface area contributed by atoms with E-state index in [2.05, 4.69) is 4.98 Å². The van der Waals surface area contributed by atoms with E-state index < -0.39 is 17.7 Å². The van der Waals surface area contributed by atoms with E-state index in [4.69, 9.17) is 9.47 Å². The Balaban J connectivity index is 1.72. The van der Waals surface area contributed by atoms with Gasteiger partial charge in [-0.25, -0.2) is 4.98 Å². The van der Waals surface area contributed by atoms with Crippen LogP contribution in [0.2, 0.25) is 0 Å². The first-order valence-corrected chi connectivity index (χ1v) is 12.3. The van der Waals surface area contributed by atoms with Gasteiger partial charge in [0.15, 0.2) is 5.13 Å². The molecule has 1 atom stereocenters. The zero-order valence-corrected chi connectivity index (χ0v) is 20.8. The van der Waals surface area contributed by atoms with Crippen molar-refractivity contribution in [3.8, 4) is 11.5 Å². The number of anilines is 1. The minimum atomic E-state index is -0.922. The number of aliphatic hydroxyl groups excluding tert-OH is 1. The highest BCUT2D eigenvalue weighted by Crippen LogP contribution is 2.46. The number of aromatic nitrogens is 1. The Bertz CT molecular complexity index is 1510. The molecule has 8 heteroatoms. The predicted molar refractivity (Wildman–Crippen MR) is 140 cm³/mol. The third-order valence-electron chi connectivity index (χ3n) is 6.07. The van der Waals surface area contributed by atoms with Gasteiger partial charge in [0, 0.05) is 11.1 Å². The highest BCUT2D eigenvalue weighted by molar-refractivity contribution is 7.22. The molecule has 1 unspecified atom stereocenters. The highest BCUT2D eigenvalue weighted by Gasteiger charge is 2.49. The van der Waals surface area contributed by atoms with Gasteiger partial charge in [-0.05, 0) is 38.1 Å². The minimum absolute atomic E-state index is 0.0115. The number of benzene rings is 3. The smallest absolute Gasteiger partial charge is 0.301 e. The molecule has 7 nitrogen and oxygen atoms in total. The first kappa shape index (κ1) is 23.6. The Hall–Kier alpha value is -4.17. The molecule has 1 aliphatic rings. The zero-order valence-electron chi connectivity index (χ0n) is 20.0. The minimum Gasteiger partial charge on any atom is -0.507 e. The molecule has 182 valence electrons.